The smallest absolute Gasteiger partial charge is 0.273 e. The van der Waals surface area contributed by atoms with Crippen molar-refractivity contribution >= 4 is 23.2 Å². The summed E-state index contributed by atoms with van der Waals surface area (Å²) in [5.74, 6) is 0.0378. The molecule has 7 nitrogen and oxygen atoms in total. The van der Waals surface area contributed by atoms with Crippen molar-refractivity contribution in [3.63, 3.8) is 0 Å². The highest BCUT2D eigenvalue weighted by Crippen LogP contribution is 2.31. The van der Waals surface area contributed by atoms with E-state index in [-0.39, 0.29) is 30.0 Å². The molecule has 25 heavy (non-hydrogen) atoms. The summed E-state index contributed by atoms with van der Waals surface area (Å²) >= 11 is 6.10. The molecule has 2 aromatic carbocycles. The van der Waals surface area contributed by atoms with Gasteiger partial charge in [0.2, 0.25) is 0 Å². The molecule has 0 aliphatic rings. The number of halogens is 1. The van der Waals surface area contributed by atoms with Crippen LogP contribution in [0.15, 0.2) is 42.5 Å². The third-order valence-corrected chi connectivity index (χ3v) is 3.81. The van der Waals surface area contributed by atoms with Gasteiger partial charge in [-0.05, 0) is 24.6 Å². The van der Waals surface area contributed by atoms with Crippen LogP contribution in [0.4, 0.5) is 5.69 Å². The number of nitrogens with one attached hydrogen (secondary N) is 1. The van der Waals surface area contributed by atoms with E-state index < -0.39 is 4.92 Å². The predicted octanol–water partition coefficient (Wildman–Crippen LogP) is 3.51. The standard InChI is InChI=1S/C17H17ClN2O5/c1-11(13-5-3-4-6-14(13)18)19-17(21)10-25-16-9-12(20(22)23)7-8-15(16)24-2/h3-9,11H,10H2,1-2H3,(H,19,21)/t11-/m1/s1. The van der Waals surface area contributed by atoms with Gasteiger partial charge in [-0.2, -0.15) is 0 Å². The molecular weight excluding hydrogens is 348 g/mol. The molecule has 0 fully saturated rings. The second-order valence-corrected chi connectivity index (χ2v) is 5.60. The van der Waals surface area contributed by atoms with Crippen molar-refractivity contribution in [2.75, 3.05) is 13.7 Å². The molecular formula is C17H17ClN2O5. The van der Waals surface area contributed by atoms with Crippen molar-refractivity contribution in [2.24, 2.45) is 0 Å². The molecule has 2 rings (SSSR count). The fraction of sp³-hybridized carbons (Fsp3) is 0.235. The summed E-state index contributed by atoms with van der Waals surface area (Å²) in [5.41, 5.74) is 0.631. The summed E-state index contributed by atoms with van der Waals surface area (Å²) in [6.45, 7) is 1.49. The number of nitro groups is 1. The zero-order chi connectivity index (χ0) is 18.4. The zero-order valence-electron chi connectivity index (χ0n) is 13.7. The van der Waals surface area contributed by atoms with E-state index in [4.69, 9.17) is 21.1 Å². The fourth-order valence-electron chi connectivity index (χ4n) is 2.22. The first-order valence-corrected chi connectivity index (χ1v) is 7.79. The Hall–Kier alpha value is -2.80. The third-order valence-electron chi connectivity index (χ3n) is 3.47. The van der Waals surface area contributed by atoms with Crippen LogP contribution in [0.1, 0.15) is 18.5 Å². The summed E-state index contributed by atoms with van der Waals surface area (Å²) < 4.78 is 10.5. The van der Waals surface area contributed by atoms with Crippen LogP contribution in [0.25, 0.3) is 0 Å². The Balaban J connectivity index is 2.01. The summed E-state index contributed by atoms with van der Waals surface area (Å²) in [6.07, 6.45) is 0. The van der Waals surface area contributed by atoms with E-state index >= 15 is 0 Å². The maximum absolute atomic E-state index is 12.1. The molecule has 8 heteroatoms. The van der Waals surface area contributed by atoms with Crippen LogP contribution in [0.3, 0.4) is 0 Å². The monoisotopic (exact) mass is 364 g/mol. The van der Waals surface area contributed by atoms with Crippen molar-refractivity contribution < 1.29 is 19.2 Å². The first-order chi connectivity index (χ1) is 11.9. The average molecular weight is 365 g/mol. The average Bonchev–Trinajstić information content (AvgIpc) is 2.59. The molecule has 0 aromatic heterocycles. The van der Waals surface area contributed by atoms with Crippen LogP contribution in [-0.2, 0) is 4.79 Å². The Morgan fingerprint density at radius 2 is 2.00 bits per heavy atom. The summed E-state index contributed by atoms with van der Waals surface area (Å²) in [7, 11) is 1.41. The molecule has 0 heterocycles. The fourth-order valence-corrected chi connectivity index (χ4v) is 2.52. The molecule has 1 atom stereocenters. The van der Waals surface area contributed by atoms with Crippen LogP contribution in [-0.4, -0.2) is 24.5 Å². The van der Waals surface area contributed by atoms with Crippen LogP contribution >= 0.6 is 11.6 Å². The molecule has 0 spiro atoms. The lowest BCUT2D eigenvalue weighted by Gasteiger charge is -2.16. The quantitative estimate of drug-likeness (QED) is 0.599. The zero-order valence-corrected chi connectivity index (χ0v) is 14.4. The lowest BCUT2D eigenvalue weighted by molar-refractivity contribution is -0.385. The second kappa shape index (κ2) is 8.34. The summed E-state index contributed by atoms with van der Waals surface area (Å²) in [6, 6.07) is 10.8. The number of methoxy groups -OCH3 is 1. The van der Waals surface area contributed by atoms with Crippen molar-refractivity contribution in [2.45, 2.75) is 13.0 Å². The first kappa shape index (κ1) is 18.5. The molecule has 0 saturated heterocycles. The molecule has 0 saturated carbocycles. The van der Waals surface area contributed by atoms with E-state index in [1.165, 1.54) is 25.3 Å². The van der Waals surface area contributed by atoms with Gasteiger partial charge in [0.05, 0.1) is 24.1 Å². The number of rotatable bonds is 7. The van der Waals surface area contributed by atoms with Gasteiger partial charge in [0.15, 0.2) is 18.1 Å². The number of amides is 1. The largest absolute Gasteiger partial charge is 0.493 e. The number of hydrogen-bond acceptors (Lipinski definition) is 5. The SMILES string of the molecule is COc1ccc([N+](=O)[O-])cc1OCC(=O)N[C@H](C)c1ccccc1Cl. The van der Waals surface area contributed by atoms with E-state index in [1.54, 1.807) is 19.1 Å². The lowest BCUT2D eigenvalue weighted by atomic mass is 10.1. The number of ether oxygens (including phenoxy) is 2. The van der Waals surface area contributed by atoms with Gasteiger partial charge < -0.3 is 14.8 Å². The Morgan fingerprint density at radius 1 is 1.28 bits per heavy atom. The molecule has 0 bridgehead atoms. The van der Waals surface area contributed by atoms with Gasteiger partial charge in [-0.3, -0.25) is 14.9 Å². The highest BCUT2D eigenvalue weighted by molar-refractivity contribution is 6.31. The molecule has 0 aliphatic heterocycles. The van der Waals surface area contributed by atoms with Gasteiger partial charge in [0.1, 0.15) is 0 Å². The highest BCUT2D eigenvalue weighted by atomic mass is 35.5. The maximum atomic E-state index is 12.1. The van der Waals surface area contributed by atoms with E-state index in [1.807, 2.05) is 12.1 Å². The number of non-ortho nitro benzene ring substituents is 1. The Kier molecular flexibility index (Phi) is 6.19. The maximum Gasteiger partial charge on any atom is 0.273 e. The molecule has 1 amide bonds. The summed E-state index contributed by atoms with van der Waals surface area (Å²) in [5, 5.41) is 14.2. The number of carbonyl (C=O) groups excluding carboxylic acids is 1. The topological polar surface area (TPSA) is 90.7 Å². The van der Waals surface area contributed by atoms with E-state index in [0.29, 0.717) is 10.8 Å². The van der Waals surface area contributed by atoms with Gasteiger partial charge in [-0.25, -0.2) is 0 Å². The number of carbonyl (C=O) groups is 1. The first-order valence-electron chi connectivity index (χ1n) is 7.41. The Labute approximate surface area is 149 Å². The highest BCUT2D eigenvalue weighted by Gasteiger charge is 2.16. The van der Waals surface area contributed by atoms with E-state index in [2.05, 4.69) is 5.32 Å². The molecule has 0 radical (unpaired) electrons. The number of hydrogen-bond donors (Lipinski definition) is 1. The number of nitro benzene ring substituents is 1. The molecule has 2 aromatic rings. The lowest BCUT2D eigenvalue weighted by Crippen LogP contribution is -2.31. The second-order valence-electron chi connectivity index (χ2n) is 5.19. The van der Waals surface area contributed by atoms with Crippen LogP contribution in [0, 0.1) is 10.1 Å². The molecule has 0 aliphatic carbocycles. The Bertz CT molecular complexity index is 781. The van der Waals surface area contributed by atoms with Gasteiger partial charge in [-0.15, -0.1) is 0 Å². The van der Waals surface area contributed by atoms with Gasteiger partial charge in [-0.1, -0.05) is 29.8 Å². The minimum Gasteiger partial charge on any atom is -0.493 e. The minimum absolute atomic E-state index is 0.122. The van der Waals surface area contributed by atoms with Crippen molar-refractivity contribution in [3.8, 4) is 11.5 Å². The number of benzene rings is 2. The predicted molar refractivity (Wildman–Crippen MR) is 93.2 cm³/mol. The van der Waals surface area contributed by atoms with Gasteiger partial charge in [0, 0.05) is 11.1 Å². The number of nitrogens with zero attached hydrogens (tertiary/aromatic N) is 1. The van der Waals surface area contributed by atoms with Crippen LogP contribution < -0.4 is 14.8 Å². The van der Waals surface area contributed by atoms with E-state index in [9.17, 15) is 14.9 Å². The normalized spacial score (nSPS) is 11.5. The van der Waals surface area contributed by atoms with Crippen molar-refractivity contribution in [3.05, 3.63) is 63.2 Å². The molecule has 132 valence electrons. The van der Waals surface area contributed by atoms with Crippen LogP contribution in [0.5, 0.6) is 11.5 Å². The van der Waals surface area contributed by atoms with Gasteiger partial charge in [0.25, 0.3) is 11.6 Å². The third kappa shape index (κ3) is 4.84. The van der Waals surface area contributed by atoms with Gasteiger partial charge >= 0.3 is 0 Å². The Morgan fingerprint density at radius 3 is 2.64 bits per heavy atom. The van der Waals surface area contributed by atoms with Crippen LogP contribution in [0.2, 0.25) is 5.02 Å². The molecule has 0 unspecified atom stereocenters. The summed E-state index contributed by atoms with van der Waals surface area (Å²) in [4.78, 5) is 22.4. The molecule has 1 N–H and O–H groups in total. The van der Waals surface area contributed by atoms with E-state index in [0.717, 1.165) is 5.56 Å². The van der Waals surface area contributed by atoms with Crippen molar-refractivity contribution in [1.29, 1.82) is 0 Å². The minimum atomic E-state index is -0.550. The van der Waals surface area contributed by atoms with Crippen molar-refractivity contribution in [1.82, 2.24) is 5.32 Å².